The molecule has 4 nitrogen and oxygen atoms in total. The average Bonchev–Trinajstić information content (AvgIpc) is 2.90. The minimum atomic E-state index is 0.227. The summed E-state index contributed by atoms with van der Waals surface area (Å²) < 4.78 is 0. The Hall–Kier alpha value is -0.610. The fraction of sp³-hybridized carbons (Fsp3) is 0.933. The Balaban J connectivity index is 1.73. The molecule has 2 fully saturated rings. The number of carbonyl (C=O) groups excluding carboxylic acids is 1. The van der Waals surface area contributed by atoms with Crippen LogP contribution in [0.4, 0.5) is 0 Å². The van der Waals surface area contributed by atoms with Crippen molar-refractivity contribution in [1.29, 1.82) is 0 Å². The van der Waals surface area contributed by atoms with Crippen molar-refractivity contribution in [2.45, 2.75) is 57.5 Å². The molecule has 2 N–H and O–H groups in total. The van der Waals surface area contributed by atoms with Crippen LogP contribution in [0.5, 0.6) is 0 Å². The third kappa shape index (κ3) is 4.46. The third-order valence-electron chi connectivity index (χ3n) is 4.79. The van der Waals surface area contributed by atoms with Gasteiger partial charge in [-0.15, -0.1) is 0 Å². The predicted molar refractivity (Wildman–Crippen MR) is 78.1 cm³/mol. The van der Waals surface area contributed by atoms with Crippen molar-refractivity contribution in [2.24, 2.45) is 5.92 Å². The first-order valence-electron chi connectivity index (χ1n) is 7.88. The average molecular weight is 267 g/mol. The molecule has 2 rings (SSSR count). The van der Waals surface area contributed by atoms with Crippen LogP contribution in [-0.4, -0.2) is 49.6 Å². The highest BCUT2D eigenvalue weighted by Gasteiger charge is 2.25. The largest absolute Gasteiger partial charge is 0.352 e. The number of amides is 1. The fourth-order valence-corrected chi connectivity index (χ4v) is 3.43. The molecule has 2 aliphatic rings. The lowest BCUT2D eigenvalue weighted by Gasteiger charge is -2.35. The van der Waals surface area contributed by atoms with Crippen molar-refractivity contribution in [3.05, 3.63) is 0 Å². The van der Waals surface area contributed by atoms with Gasteiger partial charge in [0.15, 0.2) is 0 Å². The number of hydrogen-bond donors (Lipinski definition) is 2. The lowest BCUT2D eigenvalue weighted by molar-refractivity contribution is -0.123. The highest BCUT2D eigenvalue weighted by molar-refractivity contribution is 5.78. The summed E-state index contributed by atoms with van der Waals surface area (Å²) in [6.45, 7) is 4.96. The van der Waals surface area contributed by atoms with Crippen molar-refractivity contribution in [3.8, 4) is 0 Å². The molecule has 4 heteroatoms. The minimum Gasteiger partial charge on any atom is -0.352 e. The van der Waals surface area contributed by atoms with Gasteiger partial charge in [-0.2, -0.15) is 0 Å². The zero-order valence-corrected chi connectivity index (χ0v) is 12.5. The Morgan fingerprint density at radius 1 is 1.26 bits per heavy atom. The molecule has 0 spiro atoms. The molecule has 19 heavy (non-hydrogen) atoms. The first-order valence-corrected chi connectivity index (χ1v) is 7.88. The van der Waals surface area contributed by atoms with Crippen LogP contribution < -0.4 is 10.6 Å². The van der Waals surface area contributed by atoms with Crippen molar-refractivity contribution in [2.75, 3.05) is 26.7 Å². The summed E-state index contributed by atoms with van der Waals surface area (Å²) in [4.78, 5) is 14.4. The second-order valence-electron chi connectivity index (χ2n) is 6.26. The lowest BCUT2D eigenvalue weighted by atomic mass is 9.92. The SMILES string of the molecule is CNC(C)C1CCCN(CC(=O)NC2CCCC2)C1. The van der Waals surface area contributed by atoms with Gasteiger partial charge < -0.3 is 10.6 Å². The van der Waals surface area contributed by atoms with Gasteiger partial charge in [-0.3, -0.25) is 9.69 Å². The summed E-state index contributed by atoms with van der Waals surface area (Å²) in [7, 11) is 2.02. The van der Waals surface area contributed by atoms with E-state index in [1.54, 1.807) is 0 Å². The van der Waals surface area contributed by atoms with Gasteiger partial charge in [0.05, 0.1) is 6.54 Å². The van der Waals surface area contributed by atoms with E-state index in [0.717, 1.165) is 13.1 Å². The van der Waals surface area contributed by atoms with Crippen LogP contribution in [-0.2, 0) is 4.79 Å². The molecular weight excluding hydrogens is 238 g/mol. The normalized spacial score (nSPS) is 27.4. The highest BCUT2D eigenvalue weighted by atomic mass is 16.2. The van der Waals surface area contributed by atoms with E-state index < -0.39 is 0 Å². The molecule has 1 heterocycles. The molecule has 0 aromatic rings. The summed E-state index contributed by atoms with van der Waals surface area (Å²) >= 11 is 0. The lowest BCUT2D eigenvalue weighted by Crippen LogP contribution is -2.48. The quantitative estimate of drug-likeness (QED) is 0.790. The van der Waals surface area contributed by atoms with Gasteiger partial charge in [0.2, 0.25) is 5.91 Å². The topological polar surface area (TPSA) is 44.4 Å². The molecule has 2 unspecified atom stereocenters. The summed E-state index contributed by atoms with van der Waals surface area (Å²) in [5.41, 5.74) is 0. The van der Waals surface area contributed by atoms with E-state index in [0.29, 0.717) is 24.5 Å². The van der Waals surface area contributed by atoms with E-state index in [9.17, 15) is 4.79 Å². The summed E-state index contributed by atoms with van der Waals surface area (Å²) in [6, 6.07) is 0.991. The fourth-order valence-electron chi connectivity index (χ4n) is 3.43. The van der Waals surface area contributed by atoms with E-state index in [1.165, 1.54) is 38.5 Å². The van der Waals surface area contributed by atoms with Crippen LogP contribution >= 0.6 is 0 Å². The summed E-state index contributed by atoms with van der Waals surface area (Å²) in [6.07, 6.45) is 7.39. The van der Waals surface area contributed by atoms with Gasteiger partial charge in [-0.1, -0.05) is 12.8 Å². The minimum absolute atomic E-state index is 0.227. The molecule has 0 aromatic carbocycles. The Kier molecular flexibility index (Phi) is 5.64. The number of rotatable bonds is 5. The summed E-state index contributed by atoms with van der Waals surface area (Å²) in [5, 5.41) is 6.53. The van der Waals surface area contributed by atoms with Crippen LogP contribution in [0.15, 0.2) is 0 Å². The predicted octanol–water partition coefficient (Wildman–Crippen LogP) is 1.37. The number of nitrogens with zero attached hydrogens (tertiary/aromatic N) is 1. The molecule has 0 bridgehead atoms. The van der Waals surface area contributed by atoms with Crippen molar-refractivity contribution < 1.29 is 4.79 Å². The van der Waals surface area contributed by atoms with Crippen molar-refractivity contribution in [3.63, 3.8) is 0 Å². The third-order valence-corrected chi connectivity index (χ3v) is 4.79. The number of nitrogens with one attached hydrogen (secondary N) is 2. The Labute approximate surface area is 117 Å². The van der Waals surface area contributed by atoms with Gasteiger partial charge in [0, 0.05) is 18.6 Å². The maximum absolute atomic E-state index is 12.0. The van der Waals surface area contributed by atoms with Crippen LogP contribution in [0.1, 0.15) is 45.4 Å². The molecule has 2 atom stereocenters. The molecular formula is C15H29N3O. The second-order valence-corrected chi connectivity index (χ2v) is 6.26. The monoisotopic (exact) mass is 267 g/mol. The number of hydrogen-bond acceptors (Lipinski definition) is 3. The first kappa shape index (κ1) is 14.8. The maximum Gasteiger partial charge on any atom is 0.234 e. The van der Waals surface area contributed by atoms with Crippen LogP contribution in [0.2, 0.25) is 0 Å². The van der Waals surface area contributed by atoms with E-state index in [1.807, 2.05) is 7.05 Å². The number of likely N-dealkylation sites (tertiary alicyclic amines) is 1. The maximum atomic E-state index is 12.0. The van der Waals surface area contributed by atoms with E-state index >= 15 is 0 Å². The van der Waals surface area contributed by atoms with Gasteiger partial charge in [0.1, 0.15) is 0 Å². The van der Waals surface area contributed by atoms with Crippen molar-refractivity contribution >= 4 is 5.91 Å². The summed E-state index contributed by atoms with van der Waals surface area (Å²) in [5.74, 6) is 0.905. The molecule has 1 aliphatic carbocycles. The van der Waals surface area contributed by atoms with Gasteiger partial charge >= 0.3 is 0 Å². The van der Waals surface area contributed by atoms with E-state index in [2.05, 4.69) is 22.5 Å². The Morgan fingerprint density at radius 2 is 2.00 bits per heavy atom. The van der Waals surface area contributed by atoms with E-state index in [-0.39, 0.29) is 5.91 Å². The zero-order valence-electron chi connectivity index (χ0n) is 12.5. The van der Waals surface area contributed by atoms with E-state index in [4.69, 9.17) is 0 Å². The standard InChI is InChI=1S/C15H29N3O/c1-12(16-2)13-6-5-9-18(10-13)11-15(19)17-14-7-3-4-8-14/h12-14,16H,3-11H2,1-2H3,(H,17,19). The van der Waals surface area contributed by atoms with Gasteiger partial charge in [-0.25, -0.2) is 0 Å². The molecule has 1 amide bonds. The molecule has 110 valence electrons. The molecule has 1 saturated heterocycles. The molecule has 1 aliphatic heterocycles. The molecule has 1 saturated carbocycles. The van der Waals surface area contributed by atoms with Crippen LogP contribution in [0, 0.1) is 5.92 Å². The van der Waals surface area contributed by atoms with Crippen LogP contribution in [0.3, 0.4) is 0 Å². The highest BCUT2D eigenvalue weighted by Crippen LogP contribution is 2.20. The Morgan fingerprint density at radius 3 is 2.68 bits per heavy atom. The van der Waals surface area contributed by atoms with Crippen LogP contribution in [0.25, 0.3) is 0 Å². The zero-order chi connectivity index (χ0) is 13.7. The second kappa shape index (κ2) is 7.25. The number of piperidine rings is 1. The molecule has 0 aromatic heterocycles. The van der Waals surface area contributed by atoms with Gasteiger partial charge in [0.25, 0.3) is 0 Å². The Bertz CT molecular complexity index is 289. The number of carbonyl (C=O) groups is 1. The first-order chi connectivity index (χ1) is 9.19. The smallest absolute Gasteiger partial charge is 0.234 e. The molecule has 0 radical (unpaired) electrons. The van der Waals surface area contributed by atoms with Gasteiger partial charge in [-0.05, 0) is 52.1 Å². The van der Waals surface area contributed by atoms with Crippen molar-refractivity contribution in [1.82, 2.24) is 15.5 Å².